The molecule has 0 saturated carbocycles. The lowest BCUT2D eigenvalue weighted by molar-refractivity contribution is 0.0637. The van der Waals surface area contributed by atoms with Crippen LogP contribution in [0.5, 0.6) is 0 Å². The molecule has 19 heavy (non-hydrogen) atoms. The molecular weight excluding hydrogens is 242 g/mol. The Hall–Kier alpha value is -1.55. The van der Waals surface area contributed by atoms with Gasteiger partial charge in [-0.2, -0.15) is 0 Å². The molecule has 0 spiro atoms. The highest BCUT2D eigenvalue weighted by atomic mass is 16.5. The van der Waals surface area contributed by atoms with Crippen molar-refractivity contribution in [1.82, 2.24) is 5.32 Å². The van der Waals surface area contributed by atoms with Gasteiger partial charge < -0.3 is 14.8 Å². The smallest absolute Gasteiger partial charge is 0.407 e. The van der Waals surface area contributed by atoms with Gasteiger partial charge in [-0.1, -0.05) is 30.3 Å². The Morgan fingerprint density at radius 2 is 2.00 bits per heavy atom. The molecule has 2 rings (SSSR count). The number of nitrogens with one attached hydrogen (secondary N) is 1. The van der Waals surface area contributed by atoms with Gasteiger partial charge in [0.05, 0.1) is 0 Å². The second-order valence-corrected chi connectivity index (χ2v) is 4.83. The molecule has 1 amide bonds. The molecule has 4 nitrogen and oxygen atoms in total. The summed E-state index contributed by atoms with van der Waals surface area (Å²) in [7, 11) is 0. The van der Waals surface area contributed by atoms with Gasteiger partial charge in [-0.25, -0.2) is 4.79 Å². The lowest BCUT2D eigenvalue weighted by Crippen LogP contribution is -2.28. The predicted octanol–water partition coefficient (Wildman–Crippen LogP) is 2.73. The van der Waals surface area contributed by atoms with Crippen LogP contribution in [0.2, 0.25) is 0 Å². The summed E-state index contributed by atoms with van der Waals surface area (Å²) in [5.41, 5.74) is 1.00. The average molecular weight is 263 g/mol. The molecule has 104 valence electrons. The van der Waals surface area contributed by atoms with E-state index in [-0.39, 0.29) is 6.09 Å². The van der Waals surface area contributed by atoms with E-state index in [0.29, 0.717) is 19.1 Å². The van der Waals surface area contributed by atoms with Gasteiger partial charge in [-0.15, -0.1) is 0 Å². The van der Waals surface area contributed by atoms with Crippen LogP contribution in [0.1, 0.15) is 24.8 Å². The molecule has 0 radical (unpaired) electrons. The number of hydrogen-bond acceptors (Lipinski definition) is 3. The van der Waals surface area contributed by atoms with Crippen molar-refractivity contribution in [3.63, 3.8) is 0 Å². The van der Waals surface area contributed by atoms with E-state index in [4.69, 9.17) is 9.47 Å². The quantitative estimate of drug-likeness (QED) is 0.888. The zero-order valence-corrected chi connectivity index (χ0v) is 11.1. The zero-order valence-electron chi connectivity index (χ0n) is 11.1. The summed E-state index contributed by atoms with van der Waals surface area (Å²) >= 11 is 0. The number of ether oxygens (including phenoxy) is 2. The molecule has 1 aliphatic rings. The number of rotatable bonds is 5. The van der Waals surface area contributed by atoms with Crippen LogP contribution in [0, 0.1) is 5.92 Å². The summed E-state index contributed by atoms with van der Waals surface area (Å²) in [5.74, 6) is 0.670. The van der Waals surface area contributed by atoms with Crippen LogP contribution in [0.3, 0.4) is 0 Å². The second kappa shape index (κ2) is 7.79. The first-order chi connectivity index (χ1) is 9.34. The maximum atomic E-state index is 11.5. The number of benzene rings is 1. The minimum Gasteiger partial charge on any atom is -0.445 e. The van der Waals surface area contributed by atoms with Gasteiger partial charge in [-0.3, -0.25) is 0 Å². The Balaban J connectivity index is 1.57. The summed E-state index contributed by atoms with van der Waals surface area (Å²) in [6.45, 7) is 2.70. The predicted molar refractivity (Wildman–Crippen MR) is 72.8 cm³/mol. The van der Waals surface area contributed by atoms with Crippen LogP contribution >= 0.6 is 0 Å². The van der Waals surface area contributed by atoms with Crippen LogP contribution in [0.25, 0.3) is 0 Å². The largest absolute Gasteiger partial charge is 0.445 e. The van der Waals surface area contributed by atoms with Crippen molar-refractivity contribution >= 4 is 6.09 Å². The minimum atomic E-state index is -0.337. The van der Waals surface area contributed by atoms with Crippen LogP contribution in [0.15, 0.2) is 30.3 Å². The molecule has 4 heteroatoms. The van der Waals surface area contributed by atoms with Crippen molar-refractivity contribution in [3.8, 4) is 0 Å². The lowest BCUT2D eigenvalue weighted by Gasteiger charge is -2.21. The van der Waals surface area contributed by atoms with Gasteiger partial charge in [0, 0.05) is 19.8 Å². The van der Waals surface area contributed by atoms with Crippen molar-refractivity contribution in [2.75, 3.05) is 19.8 Å². The van der Waals surface area contributed by atoms with E-state index in [9.17, 15) is 4.79 Å². The van der Waals surface area contributed by atoms with Gasteiger partial charge in [0.15, 0.2) is 0 Å². The SMILES string of the molecule is O=C(NCCC1CCOCC1)OCc1ccccc1. The third-order valence-electron chi connectivity index (χ3n) is 3.38. The first-order valence-corrected chi connectivity index (χ1v) is 6.87. The van der Waals surface area contributed by atoms with Crippen LogP contribution in [-0.2, 0) is 16.1 Å². The molecule has 1 fully saturated rings. The monoisotopic (exact) mass is 263 g/mol. The van der Waals surface area contributed by atoms with Crippen molar-refractivity contribution in [3.05, 3.63) is 35.9 Å². The van der Waals surface area contributed by atoms with Crippen molar-refractivity contribution in [2.45, 2.75) is 25.9 Å². The molecule has 0 aromatic heterocycles. The minimum absolute atomic E-state index is 0.323. The Bertz CT molecular complexity index is 374. The molecule has 1 saturated heterocycles. The number of hydrogen-bond donors (Lipinski definition) is 1. The fraction of sp³-hybridized carbons (Fsp3) is 0.533. The molecule has 0 aliphatic carbocycles. The Labute approximate surface area is 114 Å². The standard InChI is InChI=1S/C15H21NO3/c17-15(19-12-14-4-2-1-3-5-14)16-9-6-13-7-10-18-11-8-13/h1-5,13H,6-12H2,(H,16,17). The Kier molecular flexibility index (Phi) is 5.69. The number of carbonyl (C=O) groups excluding carboxylic acids is 1. The Morgan fingerprint density at radius 1 is 1.26 bits per heavy atom. The topological polar surface area (TPSA) is 47.6 Å². The van der Waals surface area contributed by atoms with Crippen LogP contribution < -0.4 is 5.32 Å². The van der Waals surface area contributed by atoms with E-state index in [0.717, 1.165) is 38.0 Å². The van der Waals surface area contributed by atoms with Gasteiger partial charge in [0.1, 0.15) is 6.61 Å². The lowest BCUT2D eigenvalue weighted by atomic mass is 9.97. The van der Waals surface area contributed by atoms with E-state index >= 15 is 0 Å². The van der Waals surface area contributed by atoms with E-state index in [1.54, 1.807) is 0 Å². The van der Waals surface area contributed by atoms with Crippen LogP contribution in [0.4, 0.5) is 4.79 Å². The normalized spacial score (nSPS) is 16.0. The number of carbonyl (C=O) groups is 1. The Morgan fingerprint density at radius 3 is 2.74 bits per heavy atom. The molecule has 0 bridgehead atoms. The summed E-state index contributed by atoms with van der Waals surface area (Å²) < 4.78 is 10.4. The molecule has 0 atom stereocenters. The van der Waals surface area contributed by atoms with Gasteiger partial charge in [0.25, 0.3) is 0 Å². The van der Waals surface area contributed by atoms with Crippen LogP contribution in [-0.4, -0.2) is 25.9 Å². The third-order valence-corrected chi connectivity index (χ3v) is 3.38. The fourth-order valence-electron chi connectivity index (χ4n) is 2.19. The molecule has 1 aromatic carbocycles. The third kappa shape index (κ3) is 5.30. The molecule has 1 N–H and O–H groups in total. The van der Waals surface area contributed by atoms with E-state index in [1.807, 2.05) is 30.3 Å². The highest BCUT2D eigenvalue weighted by Crippen LogP contribution is 2.17. The van der Waals surface area contributed by atoms with Gasteiger partial charge in [-0.05, 0) is 30.7 Å². The number of amides is 1. The fourth-order valence-corrected chi connectivity index (χ4v) is 2.19. The maximum absolute atomic E-state index is 11.5. The van der Waals surface area contributed by atoms with Crippen molar-refractivity contribution in [2.24, 2.45) is 5.92 Å². The van der Waals surface area contributed by atoms with E-state index in [2.05, 4.69) is 5.32 Å². The van der Waals surface area contributed by atoms with Crippen molar-refractivity contribution in [1.29, 1.82) is 0 Å². The highest BCUT2D eigenvalue weighted by molar-refractivity contribution is 5.67. The first kappa shape index (κ1) is 13.9. The molecular formula is C15H21NO3. The zero-order chi connectivity index (χ0) is 13.3. The highest BCUT2D eigenvalue weighted by Gasteiger charge is 2.13. The molecule has 1 aliphatic heterocycles. The first-order valence-electron chi connectivity index (χ1n) is 6.87. The summed E-state index contributed by atoms with van der Waals surface area (Å²) in [6, 6.07) is 9.69. The van der Waals surface area contributed by atoms with Gasteiger partial charge >= 0.3 is 6.09 Å². The summed E-state index contributed by atoms with van der Waals surface area (Å²) in [5, 5.41) is 2.80. The molecule has 1 aromatic rings. The van der Waals surface area contributed by atoms with Gasteiger partial charge in [0.2, 0.25) is 0 Å². The second-order valence-electron chi connectivity index (χ2n) is 4.83. The average Bonchev–Trinajstić information content (AvgIpc) is 2.47. The number of alkyl carbamates (subject to hydrolysis) is 1. The van der Waals surface area contributed by atoms with E-state index in [1.165, 1.54) is 0 Å². The maximum Gasteiger partial charge on any atom is 0.407 e. The van der Waals surface area contributed by atoms with E-state index < -0.39 is 0 Å². The molecule has 0 unspecified atom stereocenters. The molecule has 1 heterocycles. The summed E-state index contributed by atoms with van der Waals surface area (Å²) in [4.78, 5) is 11.5. The summed E-state index contributed by atoms with van der Waals surface area (Å²) in [6.07, 6.45) is 2.86. The van der Waals surface area contributed by atoms with Crippen molar-refractivity contribution < 1.29 is 14.3 Å².